The maximum atomic E-state index is 3.74. The molecule has 0 fully saturated rings. The third-order valence-electron chi connectivity index (χ3n) is 2.02. The van der Waals surface area contributed by atoms with E-state index < -0.39 is 0 Å². The molecule has 0 N–H and O–H groups in total. The highest BCUT2D eigenvalue weighted by molar-refractivity contribution is 5.24. The van der Waals surface area contributed by atoms with Crippen LogP contribution in [0.15, 0.2) is 35.5 Å². The van der Waals surface area contributed by atoms with Crippen molar-refractivity contribution < 1.29 is 0 Å². The lowest BCUT2D eigenvalue weighted by Crippen LogP contribution is -1.83. The standard InChI is InChI=1S/C11H18/c1-6-9(3)8-11(5)10(4)7-2/h6-7H,2,8H2,1,3-5H3/b9-6?,11-10-. The maximum absolute atomic E-state index is 3.74. The highest BCUT2D eigenvalue weighted by Gasteiger charge is 1.93. The van der Waals surface area contributed by atoms with Crippen LogP contribution in [0.2, 0.25) is 0 Å². The van der Waals surface area contributed by atoms with Gasteiger partial charge in [-0.15, -0.1) is 0 Å². The molecule has 0 spiro atoms. The van der Waals surface area contributed by atoms with E-state index in [1.807, 2.05) is 6.08 Å². The van der Waals surface area contributed by atoms with Crippen molar-refractivity contribution in [3.63, 3.8) is 0 Å². The Morgan fingerprint density at radius 3 is 2.18 bits per heavy atom. The molecule has 0 atom stereocenters. The van der Waals surface area contributed by atoms with Crippen LogP contribution in [-0.2, 0) is 0 Å². The van der Waals surface area contributed by atoms with E-state index in [0.29, 0.717) is 0 Å². The Bertz CT molecular complexity index is 192. The molecule has 0 aromatic heterocycles. The molecule has 0 saturated carbocycles. The van der Waals surface area contributed by atoms with Crippen LogP contribution in [0.4, 0.5) is 0 Å². The number of allylic oxidation sites excluding steroid dienone is 5. The Hall–Kier alpha value is -0.780. The first-order chi connectivity index (χ1) is 5.11. The molecule has 11 heavy (non-hydrogen) atoms. The highest BCUT2D eigenvalue weighted by atomic mass is 14.0. The van der Waals surface area contributed by atoms with Crippen LogP contribution in [0.25, 0.3) is 0 Å². The first-order valence-corrected chi connectivity index (χ1v) is 4.02. The summed E-state index contributed by atoms with van der Waals surface area (Å²) in [5.41, 5.74) is 4.13. The minimum atomic E-state index is 1.08. The van der Waals surface area contributed by atoms with Gasteiger partial charge in [-0.1, -0.05) is 35.5 Å². The molecule has 0 aliphatic heterocycles. The summed E-state index contributed by atoms with van der Waals surface area (Å²) < 4.78 is 0. The summed E-state index contributed by atoms with van der Waals surface area (Å²) in [6.07, 6.45) is 5.15. The molecule has 0 aromatic rings. The van der Waals surface area contributed by atoms with Crippen molar-refractivity contribution in [2.45, 2.75) is 34.1 Å². The van der Waals surface area contributed by atoms with Gasteiger partial charge < -0.3 is 0 Å². The van der Waals surface area contributed by atoms with Gasteiger partial charge in [0.15, 0.2) is 0 Å². The van der Waals surface area contributed by atoms with Gasteiger partial charge in [-0.05, 0) is 34.1 Å². The van der Waals surface area contributed by atoms with Gasteiger partial charge in [0.25, 0.3) is 0 Å². The van der Waals surface area contributed by atoms with Gasteiger partial charge >= 0.3 is 0 Å². The Morgan fingerprint density at radius 1 is 1.27 bits per heavy atom. The second-order valence-corrected chi connectivity index (χ2v) is 2.98. The first-order valence-electron chi connectivity index (χ1n) is 4.02. The van der Waals surface area contributed by atoms with Gasteiger partial charge in [0.1, 0.15) is 0 Å². The van der Waals surface area contributed by atoms with E-state index in [4.69, 9.17) is 0 Å². The predicted molar refractivity (Wildman–Crippen MR) is 52.6 cm³/mol. The van der Waals surface area contributed by atoms with Crippen LogP contribution in [0, 0.1) is 0 Å². The summed E-state index contributed by atoms with van der Waals surface area (Å²) in [6, 6.07) is 0. The summed E-state index contributed by atoms with van der Waals surface area (Å²) in [6.45, 7) is 12.2. The lowest BCUT2D eigenvalue weighted by Gasteiger charge is -2.03. The van der Waals surface area contributed by atoms with E-state index in [2.05, 4.69) is 40.3 Å². The highest BCUT2D eigenvalue weighted by Crippen LogP contribution is 2.14. The zero-order valence-electron chi connectivity index (χ0n) is 8.07. The summed E-state index contributed by atoms with van der Waals surface area (Å²) >= 11 is 0. The van der Waals surface area contributed by atoms with Gasteiger partial charge in [-0.3, -0.25) is 0 Å². The van der Waals surface area contributed by atoms with Gasteiger partial charge in [0.05, 0.1) is 0 Å². The van der Waals surface area contributed by atoms with E-state index in [9.17, 15) is 0 Å². The van der Waals surface area contributed by atoms with Crippen molar-refractivity contribution in [3.8, 4) is 0 Å². The molecule has 0 unspecified atom stereocenters. The molecule has 0 bridgehead atoms. The number of hydrogen-bond acceptors (Lipinski definition) is 0. The maximum Gasteiger partial charge on any atom is -0.0108 e. The Kier molecular flexibility index (Phi) is 4.60. The Balaban J connectivity index is 4.28. The smallest absolute Gasteiger partial charge is 0.0108 e. The van der Waals surface area contributed by atoms with E-state index >= 15 is 0 Å². The Labute approximate surface area is 70.3 Å². The molecular formula is C11H18. The number of hydrogen-bond donors (Lipinski definition) is 0. The van der Waals surface area contributed by atoms with Crippen LogP contribution in [0.3, 0.4) is 0 Å². The van der Waals surface area contributed by atoms with Gasteiger partial charge in [-0.25, -0.2) is 0 Å². The molecule has 0 saturated heterocycles. The van der Waals surface area contributed by atoms with E-state index in [0.717, 1.165) is 6.42 Å². The fourth-order valence-electron chi connectivity index (χ4n) is 0.834. The molecular weight excluding hydrogens is 132 g/mol. The van der Waals surface area contributed by atoms with Crippen LogP contribution in [-0.4, -0.2) is 0 Å². The van der Waals surface area contributed by atoms with Crippen molar-refractivity contribution >= 4 is 0 Å². The summed E-state index contributed by atoms with van der Waals surface area (Å²) in [7, 11) is 0. The fourth-order valence-corrected chi connectivity index (χ4v) is 0.834. The average molecular weight is 150 g/mol. The molecule has 0 rings (SSSR count). The topological polar surface area (TPSA) is 0 Å². The molecule has 0 radical (unpaired) electrons. The number of rotatable bonds is 3. The average Bonchev–Trinajstić information content (AvgIpc) is 2.02. The van der Waals surface area contributed by atoms with E-state index in [1.165, 1.54) is 16.7 Å². The van der Waals surface area contributed by atoms with Crippen LogP contribution < -0.4 is 0 Å². The quantitative estimate of drug-likeness (QED) is 0.423. The molecule has 0 aliphatic rings. The zero-order valence-corrected chi connectivity index (χ0v) is 8.07. The van der Waals surface area contributed by atoms with E-state index in [1.54, 1.807) is 0 Å². The zero-order chi connectivity index (χ0) is 8.85. The summed E-state index contributed by atoms with van der Waals surface area (Å²) in [5.74, 6) is 0. The monoisotopic (exact) mass is 150 g/mol. The van der Waals surface area contributed by atoms with Crippen molar-refractivity contribution in [1.82, 2.24) is 0 Å². The van der Waals surface area contributed by atoms with Crippen molar-refractivity contribution in [2.24, 2.45) is 0 Å². The van der Waals surface area contributed by atoms with Crippen LogP contribution in [0.5, 0.6) is 0 Å². The largest absolute Gasteiger partial charge is 0.0988 e. The molecule has 0 nitrogen and oxygen atoms in total. The lowest BCUT2D eigenvalue weighted by molar-refractivity contribution is 1.08. The van der Waals surface area contributed by atoms with Gasteiger partial charge in [0, 0.05) is 0 Å². The third kappa shape index (κ3) is 3.82. The van der Waals surface area contributed by atoms with Crippen LogP contribution >= 0.6 is 0 Å². The lowest BCUT2D eigenvalue weighted by atomic mass is 10.0. The summed E-state index contributed by atoms with van der Waals surface area (Å²) in [5, 5.41) is 0. The van der Waals surface area contributed by atoms with E-state index in [-0.39, 0.29) is 0 Å². The Morgan fingerprint density at radius 2 is 1.82 bits per heavy atom. The molecule has 62 valence electrons. The van der Waals surface area contributed by atoms with Crippen molar-refractivity contribution in [1.29, 1.82) is 0 Å². The molecule has 0 aliphatic carbocycles. The van der Waals surface area contributed by atoms with Gasteiger partial charge in [-0.2, -0.15) is 0 Å². The molecule has 0 amide bonds. The molecule has 0 heterocycles. The van der Waals surface area contributed by atoms with Crippen LogP contribution in [0.1, 0.15) is 34.1 Å². The third-order valence-corrected chi connectivity index (χ3v) is 2.02. The SMILES string of the molecule is C=C/C(C)=C(/C)CC(C)=CC. The normalized spacial score (nSPS) is 14.4. The summed E-state index contributed by atoms with van der Waals surface area (Å²) in [4.78, 5) is 0. The first kappa shape index (κ1) is 10.2. The van der Waals surface area contributed by atoms with Gasteiger partial charge in [0.2, 0.25) is 0 Å². The predicted octanol–water partition coefficient (Wildman–Crippen LogP) is 3.87. The van der Waals surface area contributed by atoms with Crippen molar-refractivity contribution in [3.05, 3.63) is 35.5 Å². The second-order valence-electron chi connectivity index (χ2n) is 2.98. The minimum Gasteiger partial charge on any atom is -0.0988 e. The fraction of sp³-hybridized carbons (Fsp3) is 0.455. The van der Waals surface area contributed by atoms with Crippen molar-refractivity contribution in [2.75, 3.05) is 0 Å². The molecule has 0 heteroatoms. The minimum absolute atomic E-state index is 1.08. The molecule has 0 aromatic carbocycles. The second kappa shape index (κ2) is 4.95.